The van der Waals surface area contributed by atoms with Gasteiger partial charge in [-0.1, -0.05) is 84.3 Å². The van der Waals surface area contributed by atoms with Crippen LogP contribution in [0.3, 0.4) is 0 Å². The smallest absolute Gasteiger partial charge is 0.251 e. The number of nitrogens with one attached hydrogen (secondary N) is 3. The van der Waals surface area contributed by atoms with Gasteiger partial charge in [0.15, 0.2) is 0 Å². The van der Waals surface area contributed by atoms with E-state index < -0.39 is 35.4 Å². The van der Waals surface area contributed by atoms with Gasteiger partial charge in [0.2, 0.25) is 17.7 Å². The molecule has 3 aromatic carbocycles. The van der Waals surface area contributed by atoms with E-state index in [4.69, 9.17) is 21.1 Å². The molecule has 0 radical (unpaired) electrons. The lowest BCUT2D eigenvalue weighted by Crippen LogP contribution is -2.74. The maximum atomic E-state index is 14.1. The van der Waals surface area contributed by atoms with E-state index in [0.717, 1.165) is 53.3 Å². The van der Waals surface area contributed by atoms with Gasteiger partial charge in [-0.25, -0.2) is 4.98 Å². The van der Waals surface area contributed by atoms with Crippen molar-refractivity contribution in [2.75, 3.05) is 37.7 Å². The summed E-state index contributed by atoms with van der Waals surface area (Å²) < 4.78 is 12.3. The Bertz CT molecular complexity index is 2490. The van der Waals surface area contributed by atoms with Crippen molar-refractivity contribution in [1.29, 1.82) is 5.26 Å². The van der Waals surface area contributed by atoms with Crippen molar-refractivity contribution in [3.8, 4) is 22.3 Å². The second-order valence-electron chi connectivity index (χ2n) is 20.7. The highest BCUT2D eigenvalue weighted by atomic mass is 35.5. The van der Waals surface area contributed by atoms with E-state index in [1.807, 2.05) is 81.7 Å². The number of amides is 4. The molecule has 7 rings (SSSR count). The Labute approximate surface area is 408 Å². The van der Waals surface area contributed by atoms with Gasteiger partial charge >= 0.3 is 0 Å². The van der Waals surface area contributed by atoms with E-state index in [2.05, 4.69) is 59.6 Å². The number of rotatable bonds is 15. The van der Waals surface area contributed by atoms with Gasteiger partial charge in [-0.2, -0.15) is 5.26 Å². The van der Waals surface area contributed by atoms with Gasteiger partial charge in [0.1, 0.15) is 36.6 Å². The summed E-state index contributed by atoms with van der Waals surface area (Å²) in [5.41, 5.74) is 5.25. The highest BCUT2D eigenvalue weighted by Crippen LogP contribution is 2.55. The lowest BCUT2D eigenvalue weighted by atomic mass is 9.49. The lowest BCUT2D eigenvalue weighted by Gasteiger charge is -2.63. The third-order valence-electron chi connectivity index (χ3n) is 13.8. The predicted octanol–water partition coefficient (Wildman–Crippen LogP) is 7.30. The molecular weight excluding hydrogens is 902 g/mol. The van der Waals surface area contributed by atoms with Crippen molar-refractivity contribution >= 4 is 52.3 Å². The normalized spacial score (nSPS) is 21.5. The Morgan fingerprint density at radius 2 is 1.68 bits per heavy atom. The van der Waals surface area contributed by atoms with Gasteiger partial charge in [-0.15, -0.1) is 11.3 Å². The van der Waals surface area contributed by atoms with Gasteiger partial charge in [0.25, 0.3) is 5.91 Å². The van der Waals surface area contributed by atoms with Crippen LogP contribution in [-0.4, -0.2) is 102 Å². The number of aliphatic hydroxyl groups is 1. The van der Waals surface area contributed by atoms with Crippen LogP contribution in [0.1, 0.15) is 94.9 Å². The number of likely N-dealkylation sites (tertiary alicyclic amines) is 1. The number of aryl methyl sites for hydroxylation is 1. The number of β-amino-alcohol motifs (C(OH)–C–C–N with tert-alkyl or cyclic N) is 1. The van der Waals surface area contributed by atoms with Gasteiger partial charge in [0, 0.05) is 66.8 Å². The zero-order valence-corrected chi connectivity index (χ0v) is 41.8. The third kappa shape index (κ3) is 11.2. The first-order valence-electron chi connectivity index (χ1n) is 23.3. The maximum Gasteiger partial charge on any atom is 0.251 e. The van der Waals surface area contributed by atoms with Crippen molar-refractivity contribution in [2.45, 2.75) is 112 Å². The molecule has 2 saturated heterocycles. The number of aromatic nitrogens is 1. The van der Waals surface area contributed by atoms with Gasteiger partial charge < -0.3 is 40.3 Å². The van der Waals surface area contributed by atoms with Gasteiger partial charge in [-0.3, -0.25) is 19.2 Å². The van der Waals surface area contributed by atoms with Crippen molar-refractivity contribution in [1.82, 2.24) is 25.8 Å². The molecule has 3 fully saturated rings. The molecule has 1 aliphatic carbocycles. The molecule has 3 aliphatic rings. The molecule has 4 amide bonds. The summed E-state index contributed by atoms with van der Waals surface area (Å²) in [5, 5.41) is 29.3. The van der Waals surface area contributed by atoms with Crippen LogP contribution in [0.5, 0.6) is 5.75 Å². The number of anilines is 1. The number of nitriles is 1. The number of hydrogen-bond acceptors (Lipinski definition) is 11. The molecule has 1 saturated carbocycles. The lowest BCUT2D eigenvalue weighted by molar-refractivity contribution is -0.164. The monoisotopic (exact) mass is 965 g/mol. The van der Waals surface area contributed by atoms with Crippen LogP contribution in [0.4, 0.5) is 5.69 Å². The third-order valence-corrected chi connectivity index (χ3v) is 15.1. The molecule has 3 heterocycles. The standard InChI is InChI=1S/C52H64ClN7O7S/c1-31-43(68-30-56-31)34-11-9-32(10-12-34)26-55-46(64)41-23-38(61)27-60(41)47(65)44(50(2,3)4)57-42(62)29-66-28-33-19-21-59(22-20-33)37-16-13-35(14-17-37)45(63)58-48-51(5,6)49(52(48,7)8)67-39-18-15-36(25-54)40(53)24-39/h9-18,24,30,33,38,41,44,48-49,61H,19-23,26-29H2,1-8H3,(H,55,64)(H,57,62)(H,58,63)/t38-,41+,44-,48?,49?/m1/s1. The highest BCUT2D eigenvalue weighted by Gasteiger charge is 2.64. The zero-order valence-electron chi connectivity index (χ0n) is 40.2. The molecular formula is C52H64ClN7O7S. The number of hydrogen-bond donors (Lipinski definition) is 4. The molecule has 0 spiro atoms. The number of carbonyl (C=O) groups excluding carboxylic acids is 4. The average molecular weight is 967 g/mol. The molecule has 4 aromatic rings. The van der Waals surface area contributed by atoms with E-state index in [1.54, 1.807) is 29.5 Å². The number of nitrogens with zero attached hydrogens (tertiary/aromatic N) is 4. The molecule has 16 heteroatoms. The molecule has 2 aliphatic heterocycles. The summed E-state index contributed by atoms with van der Waals surface area (Å²) in [6.45, 7) is 17.8. The minimum Gasteiger partial charge on any atom is -0.489 e. The van der Waals surface area contributed by atoms with Crippen LogP contribution in [0.25, 0.3) is 10.4 Å². The second kappa shape index (κ2) is 20.6. The Hall–Kier alpha value is -5.53. The number of benzene rings is 3. The maximum absolute atomic E-state index is 14.1. The Balaban J connectivity index is 0.842. The molecule has 0 bridgehead atoms. The van der Waals surface area contributed by atoms with Crippen LogP contribution < -0.4 is 25.6 Å². The number of aliphatic hydroxyl groups excluding tert-OH is 1. The van der Waals surface area contributed by atoms with Crippen LogP contribution in [0.15, 0.2) is 72.2 Å². The van der Waals surface area contributed by atoms with E-state index in [9.17, 15) is 29.5 Å². The fourth-order valence-electron chi connectivity index (χ4n) is 10.3. The number of ether oxygens (including phenoxy) is 2. The molecule has 14 nitrogen and oxygen atoms in total. The van der Waals surface area contributed by atoms with Gasteiger partial charge in [0.05, 0.1) is 39.4 Å². The fourth-order valence-corrected chi connectivity index (χ4v) is 11.3. The summed E-state index contributed by atoms with van der Waals surface area (Å²) in [7, 11) is 0. The fraction of sp³-hybridized carbons (Fsp3) is 0.500. The number of piperidine rings is 1. The van der Waals surface area contributed by atoms with E-state index >= 15 is 0 Å². The van der Waals surface area contributed by atoms with Crippen LogP contribution in [0, 0.1) is 40.4 Å². The Morgan fingerprint density at radius 1 is 1.00 bits per heavy atom. The second-order valence-corrected chi connectivity index (χ2v) is 22.0. The molecule has 362 valence electrons. The summed E-state index contributed by atoms with van der Waals surface area (Å²) in [6.07, 6.45) is 0.741. The minimum atomic E-state index is -0.951. The molecule has 4 N–H and O–H groups in total. The van der Waals surface area contributed by atoms with E-state index in [1.165, 1.54) is 4.90 Å². The highest BCUT2D eigenvalue weighted by molar-refractivity contribution is 7.13. The average Bonchev–Trinajstić information content (AvgIpc) is 3.93. The van der Waals surface area contributed by atoms with E-state index in [-0.39, 0.29) is 66.8 Å². The summed E-state index contributed by atoms with van der Waals surface area (Å²) in [4.78, 5) is 63.5. The molecule has 1 aromatic heterocycles. The van der Waals surface area contributed by atoms with Crippen molar-refractivity contribution in [3.05, 3.63) is 99.6 Å². The quantitative estimate of drug-likeness (QED) is 0.0943. The largest absolute Gasteiger partial charge is 0.489 e. The Kier molecular flexibility index (Phi) is 15.2. The summed E-state index contributed by atoms with van der Waals surface area (Å²) in [6, 6.07) is 20.7. The van der Waals surface area contributed by atoms with E-state index in [0.29, 0.717) is 28.5 Å². The molecule has 0 unspecified atom stereocenters. The van der Waals surface area contributed by atoms with Crippen LogP contribution in [0.2, 0.25) is 5.02 Å². The van der Waals surface area contributed by atoms with Crippen LogP contribution >= 0.6 is 22.9 Å². The zero-order chi connectivity index (χ0) is 49.1. The topological polar surface area (TPSA) is 186 Å². The summed E-state index contributed by atoms with van der Waals surface area (Å²) in [5.74, 6) is -0.547. The van der Waals surface area contributed by atoms with Crippen molar-refractivity contribution < 1.29 is 33.8 Å². The minimum absolute atomic E-state index is 0.00848. The Morgan fingerprint density at radius 3 is 2.28 bits per heavy atom. The van der Waals surface area contributed by atoms with Gasteiger partial charge in [-0.05, 0) is 78.6 Å². The number of halogens is 1. The number of carbonyl (C=O) groups is 4. The van der Waals surface area contributed by atoms with Crippen molar-refractivity contribution in [2.24, 2.45) is 22.2 Å². The summed E-state index contributed by atoms with van der Waals surface area (Å²) >= 11 is 7.83. The van der Waals surface area contributed by atoms with Crippen molar-refractivity contribution in [3.63, 3.8) is 0 Å². The molecule has 3 atom stereocenters. The predicted molar refractivity (Wildman–Crippen MR) is 263 cm³/mol. The SMILES string of the molecule is Cc1ncsc1-c1ccc(CNC(=O)[C@@H]2C[C@@H](O)CN2C(=O)[C@@H](NC(=O)COCC2CCN(c3ccc(C(=O)NC4C(C)(C)C(Oc5ccc(C#N)c(Cl)c5)C4(C)C)cc3)CC2)C(C)(C)C)cc1. The first kappa shape index (κ1) is 50.3. The van der Waals surface area contributed by atoms with Crippen LogP contribution in [-0.2, 0) is 25.7 Å². The first-order valence-corrected chi connectivity index (χ1v) is 24.6. The number of thiazole rings is 1. The first-order chi connectivity index (χ1) is 32.2. The molecule has 68 heavy (non-hydrogen) atoms.